The van der Waals surface area contributed by atoms with Crippen LogP contribution in [-0.2, 0) is 0 Å². The molecule has 0 saturated carbocycles. The van der Waals surface area contributed by atoms with Gasteiger partial charge < -0.3 is 20.1 Å². The first kappa shape index (κ1) is 12.2. The normalized spacial score (nSPS) is 10.1. The second kappa shape index (κ2) is 5.25. The van der Waals surface area contributed by atoms with Crippen LogP contribution in [0.15, 0.2) is 12.1 Å². The van der Waals surface area contributed by atoms with E-state index in [1.807, 2.05) is 6.92 Å². The molecule has 0 unspecified atom stereocenters. The van der Waals surface area contributed by atoms with Crippen molar-refractivity contribution in [2.75, 3.05) is 6.61 Å². The molecular formula is C11H14O5. The van der Waals surface area contributed by atoms with E-state index in [9.17, 15) is 15.0 Å². The van der Waals surface area contributed by atoms with Crippen molar-refractivity contribution in [3.05, 3.63) is 17.7 Å². The van der Waals surface area contributed by atoms with E-state index in [4.69, 9.17) is 9.84 Å². The number of phenolic OH excluding ortho intramolecular Hbond substituents is 2. The fraction of sp³-hybridized carbons (Fsp3) is 0.364. The number of aromatic hydroxyl groups is 2. The number of hydrogen-bond donors (Lipinski definition) is 3. The van der Waals surface area contributed by atoms with Crippen molar-refractivity contribution < 1.29 is 24.9 Å². The van der Waals surface area contributed by atoms with Gasteiger partial charge in [-0.15, -0.1) is 0 Å². The number of phenols is 2. The Labute approximate surface area is 92.9 Å². The van der Waals surface area contributed by atoms with E-state index in [1.54, 1.807) is 0 Å². The molecular weight excluding hydrogens is 212 g/mol. The van der Waals surface area contributed by atoms with E-state index in [1.165, 1.54) is 6.07 Å². The van der Waals surface area contributed by atoms with Crippen molar-refractivity contribution in [2.24, 2.45) is 0 Å². The quantitative estimate of drug-likeness (QED) is 0.527. The van der Waals surface area contributed by atoms with Crippen LogP contribution in [0.1, 0.15) is 30.1 Å². The Morgan fingerprint density at radius 1 is 1.38 bits per heavy atom. The Morgan fingerprint density at radius 3 is 2.62 bits per heavy atom. The highest BCUT2D eigenvalue weighted by molar-refractivity contribution is 5.89. The van der Waals surface area contributed by atoms with E-state index in [0.29, 0.717) is 6.61 Å². The largest absolute Gasteiger partial charge is 0.504 e. The van der Waals surface area contributed by atoms with Gasteiger partial charge >= 0.3 is 5.97 Å². The number of carboxylic acid groups (broad SMARTS) is 1. The predicted octanol–water partition coefficient (Wildman–Crippen LogP) is 1.97. The number of ether oxygens (including phenoxy) is 1. The van der Waals surface area contributed by atoms with Crippen LogP contribution in [0.5, 0.6) is 17.2 Å². The van der Waals surface area contributed by atoms with Crippen LogP contribution in [0.2, 0.25) is 0 Å². The lowest BCUT2D eigenvalue weighted by Crippen LogP contribution is -2.00. The van der Waals surface area contributed by atoms with Crippen LogP contribution in [0, 0.1) is 0 Å². The number of unbranched alkanes of at least 4 members (excludes halogenated alkanes) is 1. The van der Waals surface area contributed by atoms with Gasteiger partial charge in [0.05, 0.1) is 12.2 Å². The zero-order valence-corrected chi connectivity index (χ0v) is 8.93. The molecule has 3 N–H and O–H groups in total. The summed E-state index contributed by atoms with van der Waals surface area (Å²) in [4.78, 5) is 10.7. The van der Waals surface area contributed by atoms with Gasteiger partial charge in [0.25, 0.3) is 0 Å². The van der Waals surface area contributed by atoms with Gasteiger partial charge in [-0.3, -0.25) is 0 Å². The average Bonchev–Trinajstić information content (AvgIpc) is 2.24. The lowest BCUT2D eigenvalue weighted by atomic mass is 10.2. The highest BCUT2D eigenvalue weighted by atomic mass is 16.5. The number of aromatic carboxylic acids is 1. The summed E-state index contributed by atoms with van der Waals surface area (Å²) in [5, 5.41) is 27.5. The van der Waals surface area contributed by atoms with Crippen LogP contribution in [-0.4, -0.2) is 27.9 Å². The summed E-state index contributed by atoms with van der Waals surface area (Å²) < 4.78 is 5.18. The summed E-state index contributed by atoms with van der Waals surface area (Å²) >= 11 is 0. The third-order valence-electron chi connectivity index (χ3n) is 2.06. The van der Waals surface area contributed by atoms with Gasteiger partial charge in [0.1, 0.15) is 0 Å². The number of benzene rings is 1. The highest BCUT2D eigenvalue weighted by Crippen LogP contribution is 2.36. The third kappa shape index (κ3) is 2.79. The van der Waals surface area contributed by atoms with Crippen molar-refractivity contribution in [2.45, 2.75) is 19.8 Å². The minimum Gasteiger partial charge on any atom is -0.504 e. The average molecular weight is 226 g/mol. The Hall–Kier alpha value is -1.91. The number of rotatable bonds is 5. The molecule has 0 aromatic heterocycles. The van der Waals surface area contributed by atoms with E-state index < -0.39 is 17.5 Å². The molecule has 0 fully saturated rings. The van der Waals surface area contributed by atoms with E-state index in [2.05, 4.69) is 0 Å². The first-order valence-corrected chi connectivity index (χ1v) is 4.98. The van der Waals surface area contributed by atoms with Crippen molar-refractivity contribution in [3.63, 3.8) is 0 Å². The van der Waals surface area contributed by atoms with Crippen molar-refractivity contribution in [3.8, 4) is 17.2 Å². The van der Waals surface area contributed by atoms with Crippen molar-refractivity contribution in [1.82, 2.24) is 0 Å². The lowest BCUT2D eigenvalue weighted by Gasteiger charge is -2.09. The van der Waals surface area contributed by atoms with Crippen LogP contribution in [0.4, 0.5) is 0 Å². The predicted molar refractivity (Wildman–Crippen MR) is 57.1 cm³/mol. The Bertz CT molecular complexity index is 386. The smallest absolute Gasteiger partial charge is 0.335 e. The highest BCUT2D eigenvalue weighted by Gasteiger charge is 2.14. The molecule has 0 radical (unpaired) electrons. The summed E-state index contributed by atoms with van der Waals surface area (Å²) in [7, 11) is 0. The van der Waals surface area contributed by atoms with Gasteiger partial charge in [-0.2, -0.15) is 0 Å². The van der Waals surface area contributed by atoms with Gasteiger partial charge in [-0.1, -0.05) is 13.3 Å². The Kier molecular flexibility index (Phi) is 3.99. The summed E-state index contributed by atoms with van der Waals surface area (Å²) in [6.07, 6.45) is 1.71. The molecule has 0 bridgehead atoms. The van der Waals surface area contributed by atoms with Gasteiger partial charge in [-0.05, 0) is 18.6 Å². The monoisotopic (exact) mass is 226 g/mol. The molecule has 5 nitrogen and oxygen atoms in total. The van der Waals surface area contributed by atoms with Crippen molar-refractivity contribution >= 4 is 5.97 Å². The van der Waals surface area contributed by atoms with Crippen LogP contribution in [0.25, 0.3) is 0 Å². The molecule has 0 amide bonds. The van der Waals surface area contributed by atoms with Gasteiger partial charge in [0, 0.05) is 0 Å². The number of carbonyl (C=O) groups is 1. The zero-order valence-electron chi connectivity index (χ0n) is 8.93. The summed E-state index contributed by atoms with van der Waals surface area (Å²) in [6, 6.07) is 2.16. The molecule has 0 spiro atoms. The fourth-order valence-corrected chi connectivity index (χ4v) is 1.15. The summed E-state index contributed by atoms with van der Waals surface area (Å²) in [5.74, 6) is -2.12. The molecule has 0 heterocycles. The number of hydrogen-bond acceptors (Lipinski definition) is 4. The molecule has 16 heavy (non-hydrogen) atoms. The standard InChI is InChI=1S/C11H14O5/c1-2-3-4-16-9-6-7(11(14)15)5-8(12)10(9)13/h5-6,12-13H,2-4H2,1H3,(H,14,15). The minimum atomic E-state index is -1.18. The molecule has 5 heteroatoms. The van der Waals surface area contributed by atoms with Crippen LogP contribution in [0.3, 0.4) is 0 Å². The van der Waals surface area contributed by atoms with Gasteiger partial charge in [-0.25, -0.2) is 4.79 Å². The topological polar surface area (TPSA) is 87.0 Å². The van der Waals surface area contributed by atoms with Crippen LogP contribution >= 0.6 is 0 Å². The lowest BCUT2D eigenvalue weighted by molar-refractivity contribution is 0.0695. The van der Waals surface area contributed by atoms with Crippen molar-refractivity contribution in [1.29, 1.82) is 0 Å². The fourth-order valence-electron chi connectivity index (χ4n) is 1.15. The molecule has 0 saturated heterocycles. The third-order valence-corrected chi connectivity index (χ3v) is 2.06. The second-order valence-electron chi connectivity index (χ2n) is 3.35. The van der Waals surface area contributed by atoms with Gasteiger partial charge in [0.2, 0.25) is 5.75 Å². The number of carboxylic acids is 1. The maximum absolute atomic E-state index is 10.7. The SMILES string of the molecule is CCCCOc1cc(C(=O)O)cc(O)c1O. The maximum Gasteiger partial charge on any atom is 0.335 e. The first-order valence-electron chi connectivity index (χ1n) is 4.98. The summed E-state index contributed by atoms with van der Waals surface area (Å²) in [6.45, 7) is 2.35. The molecule has 88 valence electrons. The summed E-state index contributed by atoms with van der Waals surface area (Å²) in [5.41, 5.74) is -0.123. The second-order valence-corrected chi connectivity index (χ2v) is 3.35. The van der Waals surface area contributed by atoms with Gasteiger partial charge in [0.15, 0.2) is 11.5 Å². The van der Waals surface area contributed by atoms with Crippen LogP contribution < -0.4 is 4.74 Å². The first-order chi connectivity index (χ1) is 7.56. The Balaban J connectivity index is 2.93. The van der Waals surface area contributed by atoms with E-state index >= 15 is 0 Å². The molecule has 0 aliphatic rings. The molecule has 1 aromatic rings. The zero-order chi connectivity index (χ0) is 12.1. The molecule has 1 rings (SSSR count). The maximum atomic E-state index is 10.7. The van der Waals surface area contributed by atoms with E-state index in [0.717, 1.165) is 18.9 Å². The van der Waals surface area contributed by atoms with E-state index in [-0.39, 0.29) is 11.3 Å². The molecule has 1 aromatic carbocycles. The molecule has 0 aliphatic carbocycles. The Morgan fingerprint density at radius 2 is 2.06 bits per heavy atom. The molecule has 0 aliphatic heterocycles. The minimum absolute atomic E-state index is 0.00847. The molecule has 0 atom stereocenters.